The van der Waals surface area contributed by atoms with Gasteiger partial charge in [0.2, 0.25) is 0 Å². The van der Waals surface area contributed by atoms with Gasteiger partial charge in [-0.2, -0.15) is 11.8 Å². The third kappa shape index (κ3) is 5.58. The van der Waals surface area contributed by atoms with Crippen molar-refractivity contribution in [1.82, 2.24) is 5.32 Å². The van der Waals surface area contributed by atoms with Crippen LogP contribution in [0.2, 0.25) is 0 Å². The molecule has 0 heterocycles. The number of benzene rings is 1. The molecule has 2 heteroatoms. The van der Waals surface area contributed by atoms with Crippen molar-refractivity contribution in [2.75, 3.05) is 18.6 Å². The molecular formula is C17H29NS. The molecule has 2 unspecified atom stereocenters. The monoisotopic (exact) mass is 279 g/mol. The van der Waals surface area contributed by atoms with Crippen LogP contribution in [0.5, 0.6) is 0 Å². The van der Waals surface area contributed by atoms with Gasteiger partial charge in [-0.15, -0.1) is 0 Å². The summed E-state index contributed by atoms with van der Waals surface area (Å²) < 4.78 is 0. The average Bonchev–Trinajstić information content (AvgIpc) is 2.35. The van der Waals surface area contributed by atoms with Gasteiger partial charge in [0.1, 0.15) is 0 Å². The van der Waals surface area contributed by atoms with Gasteiger partial charge in [-0.05, 0) is 47.9 Å². The summed E-state index contributed by atoms with van der Waals surface area (Å²) in [6.45, 7) is 12.4. The predicted molar refractivity (Wildman–Crippen MR) is 89.1 cm³/mol. The molecule has 0 aromatic heterocycles. The molecule has 108 valence electrons. The Kier molecular flexibility index (Phi) is 6.41. The van der Waals surface area contributed by atoms with Gasteiger partial charge < -0.3 is 5.32 Å². The summed E-state index contributed by atoms with van der Waals surface area (Å²) in [5.74, 6) is 1.95. The van der Waals surface area contributed by atoms with Crippen LogP contribution < -0.4 is 5.32 Å². The van der Waals surface area contributed by atoms with Crippen LogP contribution in [0.3, 0.4) is 0 Å². The van der Waals surface area contributed by atoms with Crippen molar-refractivity contribution in [3.05, 3.63) is 35.4 Å². The second kappa shape index (κ2) is 7.35. The minimum absolute atomic E-state index is 0.238. The van der Waals surface area contributed by atoms with Crippen LogP contribution in [0.1, 0.15) is 51.8 Å². The minimum Gasteiger partial charge on any atom is -0.310 e. The van der Waals surface area contributed by atoms with Crippen LogP contribution >= 0.6 is 11.8 Å². The zero-order valence-corrected chi connectivity index (χ0v) is 14.1. The maximum absolute atomic E-state index is 3.63. The van der Waals surface area contributed by atoms with Gasteiger partial charge in [0.25, 0.3) is 0 Å². The molecule has 0 bridgehead atoms. The quantitative estimate of drug-likeness (QED) is 0.814. The Labute approximate surface area is 123 Å². The van der Waals surface area contributed by atoms with Crippen molar-refractivity contribution in [2.45, 2.75) is 46.1 Å². The van der Waals surface area contributed by atoms with E-state index >= 15 is 0 Å². The lowest BCUT2D eigenvalue weighted by Gasteiger charge is -2.21. The lowest BCUT2D eigenvalue weighted by molar-refractivity contribution is 0.500. The molecule has 0 saturated heterocycles. The van der Waals surface area contributed by atoms with E-state index in [0.717, 1.165) is 12.5 Å². The fourth-order valence-corrected chi connectivity index (χ4v) is 2.80. The van der Waals surface area contributed by atoms with E-state index in [2.05, 4.69) is 70.5 Å². The summed E-state index contributed by atoms with van der Waals surface area (Å²) in [5.41, 5.74) is 3.02. The molecule has 1 rings (SSSR count). The van der Waals surface area contributed by atoms with Gasteiger partial charge in [0.05, 0.1) is 0 Å². The van der Waals surface area contributed by atoms with Crippen LogP contribution in [0, 0.1) is 5.92 Å². The minimum atomic E-state index is 0.238. The Morgan fingerprint density at radius 2 is 1.68 bits per heavy atom. The first-order chi connectivity index (χ1) is 8.84. The Morgan fingerprint density at radius 1 is 1.11 bits per heavy atom. The second-order valence-electron chi connectivity index (χ2n) is 6.56. The molecule has 0 amide bonds. The van der Waals surface area contributed by atoms with Crippen molar-refractivity contribution in [3.8, 4) is 0 Å². The van der Waals surface area contributed by atoms with Gasteiger partial charge in [-0.3, -0.25) is 0 Å². The van der Waals surface area contributed by atoms with E-state index < -0.39 is 0 Å². The zero-order valence-electron chi connectivity index (χ0n) is 13.3. The van der Waals surface area contributed by atoms with Gasteiger partial charge in [-0.25, -0.2) is 0 Å². The second-order valence-corrected chi connectivity index (χ2v) is 7.47. The molecule has 1 aromatic carbocycles. The molecule has 0 aliphatic heterocycles. The molecule has 0 spiro atoms. The van der Waals surface area contributed by atoms with E-state index in [0.29, 0.717) is 6.04 Å². The Balaban J connectivity index is 2.56. The number of rotatable bonds is 6. The fraction of sp³-hybridized carbons (Fsp3) is 0.647. The lowest BCUT2D eigenvalue weighted by Crippen LogP contribution is -2.25. The SMILES string of the molecule is CSCC(C)CNC(C)c1ccc(C(C)(C)C)cc1. The number of hydrogen-bond donors (Lipinski definition) is 1. The zero-order chi connectivity index (χ0) is 14.5. The highest BCUT2D eigenvalue weighted by atomic mass is 32.2. The average molecular weight is 279 g/mol. The van der Waals surface area contributed by atoms with Crippen molar-refractivity contribution in [3.63, 3.8) is 0 Å². The van der Waals surface area contributed by atoms with E-state index in [4.69, 9.17) is 0 Å². The van der Waals surface area contributed by atoms with Crippen LogP contribution in [-0.2, 0) is 5.41 Å². The van der Waals surface area contributed by atoms with Gasteiger partial charge in [0.15, 0.2) is 0 Å². The normalized spacial score (nSPS) is 15.3. The molecule has 19 heavy (non-hydrogen) atoms. The molecule has 0 aliphatic carbocycles. The maximum Gasteiger partial charge on any atom is 0.0291 e. The van der Waals surface area contributed by atoms with E-state index in [1.807, 2.05) is 11.8 Å². The van der Waals surface area contributed by atoms with Gasteiger partial charge in [-0.1, -0.05) is 52.0 Å². The Hall–Kier alpha value is -0.470. The summed E-state index contributed by atoms with van der Waals surface area (Å²) >= 11 is 1.92. The predicted octanol–water partition coefficient (Wildman–Crippen LogP) is 4.63. The molecule has 0 saturated carbocycles. The standard InChI is InChI=1S/C17H29NS/c1-13(12-19-6)11-18-14(2)15-7-9-16(10-8-15)17(3,4)5/h7-10,13-14,18H,11-12H2,1-6H3. The van der Waals surface area contributed by atoms with Crippen LogP contribution in [0.15, 0.2) is 24.3 Å². The summed E-state index contributed by atoms with van der Waals surface area (Å²) in [6.07, 6.45) is 2.17. The van der Waals surface area contributed by atoms with Crippen LogP contribution in [-0.4, -0.2) is 18.6 Å². The van der Waals surface area contributed by atoms with E-state index in [1.54, 1.807) is 0 Å². The topological polar surface area (TPSA) is 12.0 Å². The van der Waals surface area contributed by atoms with Crippen LogP contribution in [0.4, 0.5) is 0 Å². The third-order valence-electron chi connectivity index (χ3n) is 3.50. The summed E-state index contributed by atoms with van der Waals surface area (Å²) in [7, 11) is 0. The van der Waals surface area contributed by atoms with E-state index in [-0.39, 0.29) is 5.41 Å². The van der Waals surface area contributed by atoms with Crippen molar-refractivity contribution in [2.24, 2.45) is 5.92 Å². The van der Waals surface area contributed by atoms with Crippen molar-refractivity contribution in [1.29, 1.82) is 0 Å². The number of thioether (sulfide) groups is 1. The first kappa shape index (κ1) is 16.6. The lowest BCUT2D eigenvalue weighted by atomic mass is 9.86. The fourth-order valence-electron chi connectivity index (χ4n) is 2.11. The summed E-state index contributed by atoms with van der Waals surface area (Å²) in [4.78, 5) is 0. The highest BCUT2D eigenvalue weighted by Crippen LogP contribution is 2.23. The summed E-state index contributed by atoms with van der Waals surface area (Å²) in [6, 6.07) is 9.48. The molecular weight excluding hydrogens is 250 g/mol. The first-order valence-electron chi connectivity index (χ1n) is 7.17. The highest BCUT2D eigenvalue weighted by Gasteiger charge is 2.14. The van der Waals surface area contributed by atoms with E-state index in [1.165, 1.54) is 16.9 Å². The van der Waals surface area contributed by atoms with Crippen molar-refractivity contribution < 1.29 is 0 Å². The first-order valence-corrected chi connectivity index (χ1v) is 8.56. The van der Waals surface area contributed by atoms with Crippen LogP contribution in [0.25, 0.3) is 0 Å². The Bertz CT molecular complexity index is 364. The van der Waals surface area contributed by atoms with Gasteiger partial charge in [0, 0.05) is 6.04 Å². The molecule has 0 fully saturated rings. The number of hydrogen-bond acceptors (Lipinski definition) is 2. The summed E-state index contributed by atoms with van der Waals surface area (Å²) in [5, 5.41) is 3.63. The highest BCUT2D eigenvalue weighted by molar-refractivity contribution is 7.98. The molecule has 1 nitrogen and oxygen atoms in total. The molecule has 0 radical (unpaired) electrons. The molecule has 1 aromatic rings. The van der Waals surface area contributed by atoms with E-state index in [9.17, 15) is 0 Å². The Morgan fingerprint density at radius 3 is 2.16 bits per heavy atom. The molecule has 1 N–H and O–H groups in total. The van der Waals surface area contributed by atoms with Gasteiger partial charge >= 0.3 is 0 Å². The third-order valence-corrected chi connectivity index (χ3v) is 4.40. The molecule has 0 aliphatic rings. The maximum atomic E-state index is 3.63. The smallest absolute Gasteiger partial charge is 0.0291 e. The molecule has 2 atom stereocenters. The largest absolute Gasteiger partial charge is 0.310 e. The number of nitrogens with one attached hydrogen (secondary N) is 1. The van der Waals surface area contributed by atoms with Crippen molar-refractivity contribution >= 4 is 11.8 Å².